The Morgan fingerprint density at radius 1 is 1.24 bits per heavy atom. The summed E-state index contributed by atoms with van der Waals surface area (Å²) in [5, 5.41) is 3.03. The van der Waals surface area contributed by atoms with Crippen LogP contribution in [0.2, 0.25) is 0 Å². The summed E-state index contributed by atoms with van der Waals surface area (Å²) in [7, 11) is 0. The zero-order valence-corrected chi connectivity index (χ0v) is 9.86. The van der Waals surface area contributed by atoms with Gasteiger partial charge in [-0.25, -0.2) is 0 Å². The van der Waals surface area contributed by atoms with Crippen LogP contribution in [0.25, 0.3) is 0 Å². The van der Waals surface area contributed by atoms with Crippen LogP contribution in [0, 0.1) is 17.8 Å². The summed E-state index contributed by atoms with van der Waals surface area (Å²) in [6.45, 7) is 0.465. The average Bonchev–Trinajstić information content (AvgIpc) is 2.96. The van der Waals surface area contributed by atoms with Crippen molar-refractivity contribution in [1.29, 1.82) is 0 Å². The van der Waals surface area contributed by atoms with Gasteiger partial charge in [-0.15, -0.1) is 0 Å². The van der Waals surface area contributed by atoms with Gasteiger partial charge < -0.3 is 11.1 Å². The Morgan fingerprint density at radius 2 is 1.94 bits per heavy atom. The molecule has 0 spiro atoms. The van der Waals surface area contributed by atoms with Crippen molar-refractivity contribution in [2.45, 2.75) is 25.8 Å². The lowest BCUT2D eigenvalue weighted by Gasteiger charge is -2.14. The molecule has 3 nitrogen and oxygen atoms in total. The molecule has 2 aliphatic carbocycles. The molecule has 2 saturated carbocycles. The second-order valence-electron chi connectivity index (χ2n) is 5.27. The zero-order valence-electron chi connectivity index (χ0n) is 9.86. The van der Waals surface area contributed by atoms with Gasteiger partial charge in [0.15, 0.2) is 0 Å². The Kier molecular flexibility index (Phi) is 2.63. The molecule has 3 heteroatoms. The predicted molar refractivity (Wildman–Crippen MR) is 67.3 cm³/mol. The van der Waals surface area contributed by atoms with Crippen molar-refractivity contribution < 1.29 is 4.79 Å². The van der Waals surface area contributed by atoms with Crippen molar-refractivity contribution in [3.63, 3.8) is 0 Å². The Labute approximate surface area is 101 Å². The molecule has 0 heterocycles. The first kappa shape index (κ1) is 10.8. The van der Waals surface area contributed by atoms with Crippen molar-refractivity contribution in [2.24, 2.45) is 23.5 Å². The molecular weight excluding hydrogens is 212 g/mol. The minimum Gasteiger partial charge on any atom is -0.326 e. The van der Waals surface area contributed by atoms with Crippen LogP contribution >= 0.6 is 0 Å². The van der Waals surface area contributed by atoms with E-state index in [4.69, 9.17) is 5.73 Å². The van der Waals surface area contributed by atoms with Crippen molar-refractivity contribution in [3.05, 3.63) is 29.8 Å². The van der Waals surface area contributed by atoms with E-state index in [0.29, 0.717) is 6.54 Å². The third-order valence-electron chi connectivity index (χ3n) is 4.11. The molecule has 2 aliphatic rings. The minimum atomic E-state index is 0.179. The van der Waals surface area contributed by atoms with Gasteiger partial charge in [-0.3, -0.25) is 4.79 Å². The lowest BCUT2D eigenvalue weighted by Crippen LogP contribution is -2.22. The highest BCUT2D eigenvalue weighted by atomic mass is 16.1. The third kappa shape index (κ3) is 2.07. The summed E-state index contributed by atoms with van der Waals surface area (Å²) in [6.07, 6.45) is 3.52. The number of nitrogens with two attached hydrogens (primary N) is 1. The van der Waals surface area contributed by atoms with Crippen molar-refractivity contribution in [1.82, 2.24) is 0 Å². The number of para-hydroxylation sites is 1. The normalized spacial score (nSPS) is 29.8. The molecule has 0 aromatic heterocycles. The van der Waals surface area contributed by atoms with E-state index in [1.54, 1.807) is 0 Å². The minimum absolute atomic E-state index is 0.179. The molecule has 0 radical (unpaired) electrons. The highest BCUT2D eigenvalue weighted by molar-refractivity contribution is 5.93. The SMILES string of the molecule is NCc1ccccc1NC(=O)C1CC2CC2C1. The van der Waals surface area contributed by atoms with E-state index in [1.807, 2.05) is 24.3 Å². The molecule has 2 atom stereocenters. The summed E-state index contributed by atoms with van der Waals surface area (Å²) >= 11 is 0. The maximum atomic E-state index is 12.1. The number of fused-ring (bicyclic) bond motifs is 1. The standard InChI is InChI=1S/C14H18N2O/c15-8-9-3-1-2-4-13(9)16-14(17)12-6-10-5-11(10)7-12/h1-4,10-12H,5-8,15H2,(H,16,17). The number of anilines is 1. The molecule has 0 bridgehead atoms. The van der Waals surface area contributed by atoms with Gasteiger partial charge in [0.1, 0.15) is 0 Å². The van der Waals surface area contributed by atoms with E-state index in [0.717, 1.165) is 35.9 Å². The van der Waals surface area contributed by atoms with E-state index in [9.17, 15) is 4.79 Å². The molecule has 1 aromatic rings. The van der Waals surface area contributed by atoms with Crippen molar-refractivity contribution in [2.75, 3.05) is 5.32 Å². The van der Waals surface area contributed by atoms with Gasteiger partial charge in [-0.2, -0.15) is 0 Å². The maximum absolute atomic E-state index is 12.1. The van der Waals surface area contributed by atoms with Gasteiger partial charge in [0.25, 0.3) is 0 Å². The smallest absolute Gasteiger partial charge is 0.227 e. The second kappa shape index (κ2) is 4.15. The lowest BCUT2D eigenvalue weighted by atomic mass is 10.0. The van der Waals surface area contributed by atoms with Crippen LogP contribution < -0.4 is 11.1 Å². The first-order valence-electron chi connectivity index (χ1n) is 6.36. The summed E-state index contributed by atoms with van der Waals surface area (Å²) in [5.41, 5.74) is 7.54. The van der Waals surface area contributed by atoms with Crippen LogP contribution in [0.1, 0.15) is 24.8 Å². The first-order valence-corrected chi connectivity index (χ1v) is 6.36. The summed E-state index contributed by atoms with van der Waals surface area (Å²) in [4.78, 5) is 12.1. The Balaban J connectivity index is 1.67. The van der Waals surface area contributed by atoms with Gasteiger partial charge in [-0.05, 0) is 42.7 Å². The molecule has 1 amide bonds. The topological polar surface area (TPSA) is 55.1 Å². The predicted octanol–water partition coefficient (Wildman–Crippen LogP) is 2.13. The molecule has 0 aliphatic heterocycles. The highest BCUT2D eigenvalue weighted by Crippen LogP contribution is 2.54. The van der Waals surface area contributed by atoms with Crippen LogP contribution in [0.15, 0.2) is 24.3 Å². The largest absolute Gasteiger partial charge is 0.326 e. The zero-order chi connectivity index (χ0) is 11.8. The van der Waals surface area contributed by atoms with Crippen LogP contribution in [0.5, 0.6) is 0 Å². The molecule has 3 rings (SSSR count). The molecule has 3 N–H and O–H groups in total. The number of hydrogen-bond donors (Lipinski definition) is 2. The molecule has 1 aromatic carbocycles. The Morgan fingerprint density at radius 3 is 2.65 bits per heavy atom. The first-order chi connectivity index (χ1) is 8.28. The third-order valence-corrected chi connectivity index (χ3v) is 4.11. The van der Waals surface area contributed by atoms with Crippen LogP contribution in [0.4, 0.5) is 5.69 Å². The molecule has 90 valence electrons. The van der Waals surface area contributed by atoms with Gasteiger partial charge in [-0.1, -0.05) is 18.2 Å². The van der Waals surface area contributed by atoms with Crippen LogP contribution in [-0.2, 0) is 11.3 Å². The molecule has 17 heavy (non-hydrogen) atoms. The Bertz CT molecular complexity index is 434. The quantitative estimate of drug-likeness (QED) is 0.835. The average molecular weight is 230 g/mol. The molecule has 2 fully saturated rings. The van der Waals surface area contributed by atoms with Crippen molar-refractivity contribution >= 4 is 11.6 Å². The van der Waals surface area contributed by atoms with E-state index >= 15 is 0 Å². The summed E-state index contributed by atoms with van der Waals surface area (Å²) in [6, 6.07) is 7.76. The van der Waals surface area contributed by atoms with E-state index in [-0.39, 0.29) is 11.8 Å². The fourth-order valence-electron chi connectivity index (χ4n) is 2.98. The van der Waals surface area contributed by atoms with Crippen LogP contribution in [0.3, 0.4) is 0 Å². The fraction of sp³-hybridized carbons (Fsp3) is 0.500. The van der Waals surface area contributed by atoms with Gasteiger partial charge in [0.05, 0.1) is 0 Å². The fourth-order valence-corrected chi connectivity index (χ4v) is 2.98. The van der Waals surface area contributed by atoms with Gasteiger partial charge >= 0.3 is 0 Å². The monoisotopic (exact) mass is 230 g/mol. The number of carbonyl (C=O) groups excluding carboxylic acids is 1. The highest BCUT2D eigenvalue weighted by Gasteiger charge is 2.47. The summed E-state index contributed by atoms with van der Waals surface area (Å²) < 4.78 is 0. The number of nitrogens with one attached hydrogen (secondary N) is 1. The number of carbonyl (C=O) groups is 1. The van der Waals surface area contributed by atoms with Gasteiger partial charge in [0, 0.05) is 18.2 Å². The van der Waals surface area contributed by atoms with Gasteiger partial charge in [0.2, 0.25) is 5.91 Å². The van der Waals surface area contributed by atoms with E-state index in [1.165, 1.54) is 6.42 Å². The maximum Gasteiger partial charge on any atom is 0.227 e. The number of hydrogen-bond acceptors (Lipinski definition) is 2. The molecule has 0 saturated heterocycles. The molecular formula is C14H18N2O. The number of amides is 1. The van der Waals surface area contributed by atoms with E-state index in [2.05, 4.69) is 5.32 Å². The lowest BCUT2D eigenvalue weighted by molar-refractivity contribution is -0.120. The number of benzene rings is 1. The molecule has 2 unspecified atom stereocenters. The Hall–Kier alpha value is -1.35. The van der Waals surface area contributed by atoms with Crippen LogP contribution in [-0.4, -0.2) is 5.91 Å². The van der Waals surface area contributed by atoms with E-state index < -0.39 is 0 Å². The second-order valence-corrected chi connectivity index (χ2v) is 5.27. The summed E-state index contributed by atoms with van der Waals surface area (Å²) in [5.74, 6) is 2.09. The van der Waals surface area contributed by atoms with Crippen molar-refractivity contribution in [3.8, 4) is 0 Å². The number of rotatable bonds is 3.